The molecule has 0 aliphatic rings. The molecule has 0 spiro atoms. The molecule has 0 rings (SSSR count). The van der Waals surface area contributed by atoms with Gasteiger partial charge < -0.3 is 10.00 Å². The molecule has 0 bridgehead atoms. The molecule has 0 fully saturated rings. The number of carbonyl (C=O) groups is 1. The van der Waals surface area contributed by atoms with Gasteiger partial charge in [-0.1, -0.05) is 6.58 Å². The van der Waals surface area contributed by atoms with E-state index in [4.69, 9.17) is 10.00 Å². The quantitative estimate of drug-likeness (QED) is 0.475. The van der Waals surface area contributed by atoms with Gasteiger partial charge in [0, 0.05) is 0 Å². The molecule has 0 saturated carbocycles. The maximum Gasteiger partial charge on any atom is 0.472 e. The maximum absolute atomic E-state index is 10.9. The predicted molar refractivity (Wildman–Crippen MR) is 48.6 cm³/mol. The lowest BCUT2D eigenvalue weighted by Crippen LogP contribution is -2.23. The van der Waals surface area contributed by atoms with Gasteiger partial charge in [-0.05, 0) is 13.0 Å². The molecule has 0 aliphatic carbocycles. The second kappa shape index (κ2) is 6.06. The van der Waals surface area contributed by atoms with E-state index in [1.807, 2.05) is 0 Å². The number of phosphoric ester groups is 1. The molecule has 6 nitrogen and oxygen atoms in total. The number of hydrogen-bond donors (Lipinski definition) is 2. The van der Waals surface area contributed by atoms with E-state index in [1.54, 1.807) is 0 Å². The molecule has 2 atom stereocenters. The molecule has 2 unspecified atom stereocenters. The Morgan fingerprint density at radius 1 is 1.64 bits per heavy atom. The van der Waals surface area contributed by atoms with Crippen molar-refractivity contribution in [3.05, 3.63) is 12.7 Å². The fourth-order valence-electron chi connectivity index (χ4n) is 0.583. The SMILES string of the molecule is C=CC(=O)C(O)COP(=O)(O)OCC. The molecule has 14 heavy (non-hydrogen) atoms. The minimum atomic E-state index is -4.14. The van der Waals surface area contributed by atoms with Crippen LogP contribution in [0.5, 0.6) is 0 Å². The second-order valence-electron chi connectivity index (χ2n) is 2.30. The van der Waals surface area contributed by atoms with Crippen molar-refractivity contribution < 1.29 is 28.4 Å². The van der Waals surface area contributed by atoms with Gasteiger partial charge in [-0.2, -0.15) is 0 Å². The molecule has 0 amide bonds. The molecular weight excluding hydrogens is 211 g/mol. The Kier molecular flexibility index (Phi) is 5.83. The first-order valence-corrected chi connectivity index (χ1v) is 5.38. The lowest BCUT2D eigenvalue weighted by atomic mass is 10.2. The minimum absolute atomic E-state index is 0.000716. The fraction of sp³-hybridized carbons (Fsp3) is 0.571. The van der Waals surface area contributed by atoms with Gasteiger partial charge >= 0.3 is 7.82 Å². The highest BCUT2D eigenvalue weighted by molar-refractivity contribution is 7.47. The van der Waals surface area contributed by atoms with E-state index in [2.05, 4.69) is 15.6 Å². The summed E-state index contributed by atoms with van der Waals surface area (Å²) in [5.41, 5.74) is 0. The van der Waals surface area contributed by atoms with Crippen LogP contribution in [0.1, 0.15) is 6.92 Å². The third-order valence-corrected chi connectivity index (χ3v) is 2.28. The first kappa shape index (κ1) is 13.5. The van der Waals surface area contributed by atoms with Gasteiger partial charge in [-0.3, -0.25) is 13.8 Å². The van der Waals surface area contributed by atoms with E-state index in [0.717, 1.165) is 6.08 Å². The highest BCUT2D eigenvalue weighted by Gasteiger charge is 2.23. The number of hydrogen-bond acceptors (Lipinski definition) is 5. The monoisotopic (exact) mass is 224 g/mol. The number of rotatable bonds is 7. The van der Waals surface area contributed by atoms with Gasteiger partial charge in [-0.25, -0.2) is 4.57 Å². The van der Waals surface area contributed by atoms with Crippen LogP contribution in [-0.2, 0) is 18.4 Å². The molecule has 7 heteroatoms. The van der Waals surface area contributed by atoms with Crippen LogP contribution in [0, 0.1) is 0 Å². The van der Waals surface area contributed by atoms with Gasteiger partial charge in [0.15, 0.2) is 5.78 Å². The van der Waals surface area contributed by atoms with E-state index < -0.39 is 26.3 Å². The summed E-state index contributed by atoms with van der Waals surface area (Å²) in [6, 6.07) is 0. The van der Waals surface area contributed by atoms with E-state index in [-0.39, 0.29) is 6.61 Å². The Morgan fingerprint density at radius 2 is 2.21 bits per heavy atom. The highest BCUT2D eigenvalue weighted by atomic mass is 31.2. The Hall–Kier alpha value is -0.520. The third-order valence-electron chi connectivity index (χ3n) is 1.22. The first-order valence-electron chi connectivity index (χ1n) is 3.89. The number of aliphatic hydroxyl groups is 1. The van der Waals surface area contributed by atoms with Crippen molar-refractivity contribution in [3.63, 3.8) is 0 Å². The molecule has 0 radical (unpaired) electrons. The minimum Gasteiger partial charge on any atom is -0.382 e. The molecule has 0 aromatic heterocycles. The zero-order chi connectivity index (χ0) is 11.2. The van der Waals surface area contributed by atoms with E-state index in [0.29, 0.717) is 0 Å². The highest BCUT2D eigenvalue weighted by Crippen LogP contribution is 2.42. The van der Waals surface area contributed by atoms with Gasteiger partial charge in [-0.15, -0.1) is 0 Å². The number of carbonyl (C=O) groups excluding carboxylic acids is 1. The summed E-state index contributed by atoms with van der Waals surface area (Å²) >= 11 is 0. The fourth-order valence-corrected chi connectivity index (χ4v) is 1.31. The molecule has 0 heterocycles. The summed E-state index contributed by atoms with van der Waals surface area (Å²) < 4.78 is 19.6. The summed E-state index contributed by atoms with van der Waals surface area (Å²) in [4.78, 5) is 19.6. The summed E-state index contributed by atoms with van der Waals surface area (Å²) in [7, 11) is -4.14. The van der Waals surface area contributed by atoms with Crippen LogP contribution < -0.4 is 0 Å². The van der Waals surface area contributed by atoms with Gasteiger partial charge in [0.2, 0.25) is 0 Å². The average Bonchev–Trinajstić information content (AvgIpc) is 2.13. The largest absolute Gasteiger partial charge is 0.472 e. The molecule has 0 aromatic carbocycles. The Morgan fingerprint density at radius 3 is 2.64 bits per heavy atom. The Balaban J connectivity index is 3.99. The van der Waals surface area contributed by atoms with Crippen LogP contribution in [0.3, 0.4) is 0 Å². The van der Waals surface area contributed by atoms with E-state index in [9.17, 15) is 9.36 Å². The van der Waals surface area contributed by atoms with Crippen LogP contribution in [0.2, 0.25) is 0 Å². The van der Waals surface area contributed by atoms with Crippen molar-refractivity contribution in [1.29, 1.82) is 0 Å². The molecular formula is C7H13O6P. The maximum atomic E-state index is 10.9. The molecule has 82 valence electrons. The molecule has 0 aliphatic heterocycles. The summed E-state index contributed by atoms with van der Waals surface area (Å²) in [6.45, 7) is 4.05. The van der Waals surface area contributed by atoms with E-state index in [1.165, 1.54) is 6.92 Å². The lowest BCUT2D eigenvalue weighted by Gasteiger charge is -2.12. The zero-order valence-electron chi connectivity index (χ0n) is 7.75. The Labute approximate surface area is 81.8 Å². The topological polar surface area (TPSA) is 93.1 Å². The van der Waals surface area contributed by atoms with Crippen LogP contribution in [0.4, 0.5) is 0 Å². The van der Waals surface area contributed by atoms with Gasteiger partial charge in [0.05, 0.1) is 13.2 Å². The number of phosphoric acid groups is 1. The first-order chi connectivity index (χ1) is 6.43. The van der Waals surface area contributed by atoms with Crippen LogP contribution in [0.25, 0.3) is 0 Å². The molecule has 2 N–H and O–H groups in total. The van der Waals surface area contributed by atoms with Crippen molar-refractivity contribution in [3.8, 4) is 0 Å². The van der Waals surface area contributed by atoms with Crippen molar-refractivity contribution in [2.75, 3.05) is 13.2 Å². The predicted octanol–water partition coefficient (Wildman–Crippen LogP) is 0.256. The Bertz CT molecular complexity index is 251. The second-order valence-corrected chi connectivity index (χ2v) is 3.76. The van der Waals surface area contributed by atoms with Crippen LogP contribution in [0.15, 0.2) is 12.7 Å². The standard InChI is InChI=1S/C7H13O6P/c1-3-6(8)7(9)5-13-14(10,11)12-4-2/h3,7,9H,1,4-5H2,2H3,(H,10,11). The van der Waals surface area contributed by atoms with Crippen molar-refractivity contribution in [1.82, 2.24) is 0 Å². The van der Waals surface area contributed by atoms with Crippen LogP contribution in [-0.4, -0.2) is 35.1 Å². The molecule has 0 aromatic rings. The lowest BCUT2D eigenvalue weighted by molar-refractivity contribution is -0.123. The molecule has 0 saturated heterocycles. The van der Waals surface area contributed by atoms with Gasteiger partial charge in [0.1, 0.15) is 6.10 Å². The van der Waals surface area contributed by atoms with E-state index >= 15 is 0 Å². The van der Waals surface area contributed by atoms with Crippen molar-refractivity contribution in [2.24, 2.45) is 0 Å². The summed E-state index contributed by atoms with van der Waals surface area (Å²) in [6.07, 6.45) is -0.592. The summed E-state index contributed by atoms with van der Waals surface area (Å²) in [5.74, 6) is -0.679. The third kappa shape index (κ3) is 5.26. The zero-order valence-corrected chi connectivity index (χ0v) is 8.65. The average molecular weight is 224 g/mol. The van der Waals surface area contributed by atoms with Gasteiger partial charge in [0.25, 0.3) is 0 Å². The summed E-state index contributed by atoms with van der Waals surface area (Å²) in [5, 5.41) is 9.02. The van der Waals surface area contributed by atoms with Crippen molar-refractivity contribution in [2.45, 2.75) is 13.0 Å². The smallest absolute Gasteiger partial charge is 0.382 e. The number of ketones is 1. The number of aliphatic hydroxyl groups excluding tert-OH is 1. The normalized spacial score (nSPS) is 17.1. The van der Waals surface area contributed by atoms with Crippen LogP contribution >= 0.6 is 7.82 Å². The van der Waals surface area contributed by atoms with Crippen molar-refractivity contribution >= 4 is 13.6 Å².